The van der Waals surface area contributed by atoms with Crippen LogP contribution >= 0.6 is 24.0 Å². The molecule has 1 heterocycles. The second-order valence-corrected chi connectivity index (χ2v) is 4.84. The van der Waals surface area contributed by atoms with Gasteiger partial charge in [-0.1, -0.05) is 0 Å². The topological polar surface area (TPSA) is 58.1 Å². The maximum absolute atomic E-state index is 5.34. The molecule has 21 heavy (non-hydrogen) atoms. The van der Waals surface area contributed by atoms with Gasteiger partial charge in [-0.2, -0.15) is 0 Å². The number of hydrogen-bond acceptors (Lipinski definition) is 4. The number of aliphatic imine (C=N–C) groups is 1. The van der Waals surface area contributed by atoms with Gasteiger partial charge in [0.25, 0.3) is 0 Å². The Labute approximate surface area is 146 Å². The number of nitrogens with one attached hydrogen (secondary N) is 2. The third-order valence-electron chi connectivity index (χ3n) is 3.17. The van der Waals surface area contributed by atoms with Crippen molar-refractivity contribution >= 4 is 29.9 Å². The molecule has 0 bridgehead atoms. The highest BCUT2D eigenvalue weighted by Gasteiger charge is 2.09. The SMILES string of the molecule is CCNC(=NCCCOC)NCCCN1CCOCC1.I. The minimum absolute atomic E-state index is 0. The summed E-state index contributed by atoms with van der Waals surface area (Å²) in [7, 11) is 1.72. The molecule has 1 saturated heterocycles. The first kappa shape index (κ1) is 20.9. The molecule has 0 spiro atoms. The molecule has 1 fully saturated rings. The van der Waals surface area contributed by atoms with E-state index >= 15 is 0 Å². The van der Waals surface area contributed by atoms with Crippen molar-refractivity contribution in [3.05, 3.63) is 0 Å². The number of methoxy groups -OCH3 is 1. The molecule has 1 aliphatic heterocycles. The van der Waals surface area contributed by atoms with Gasteiger partial charge >= 0.3 is 0 Å². The average molecular weight is 414 g/mol. The smallest absolute Gasteiger partial charge is 0.191 e. The van der Waals surface area contributed by atoms with E-state index in [-0.39, 0.29) is 24.0 Å². The van der Waals surface area contributed by atoms with Gasteiger partial charge in [0.15, 0.2) is 5.96 Å². The highest BCUT2D eigenvalue weighted by Crippen LogP contribution is 1.97. The van der Waals surface area contributed by atoms with Crippen molar-refractivity contribution in [2.75, 3.05) is 66.2 Å². The molecule has 7 heteroatoms. The molecule has 0 radical (unpaired) electrons. The molecule has 1 rings (SSSR count). The van der Waals surface area contributed by atoms with E-state index in [4.69, 9.17) is 9.47 Å². The fraction of sp³-hybridized carbons (Fsp3) is 0.929. The quantitative estimate of drug-likeness (QED) is 0.254. The first-order valence-electron chi connectivity index (χ1n) is 7.68. The van der Waals surface area contributed by atoms with Gasteiger partial charge in [-0.15, -0.1) is 24.0 Å². The van der Waals surface area contributed by atoms with Crippen LogP contribution in [0.3, 0.4) is 0 Å². The molecule has 0 saturated carbocycles. The summed E-state index contributed by atoms with van der Waals surface area (Å²) in [6.45, 7) is 10.5. The summed E-state index contributed by atoms with van der Waals surface area (Å²) in [6.07, 6.45) is 2.09. The van der Waals surface area contributed by atoms with Crippen molar-refractivity contribution in [1.82, 2.24) is 15.5 Å². The molecule has 0 aromatic heterocycles. The summed E-state index contributed by atoms with van der Waals surface area (Å²) < 4.78 is 10.4. The first-order chi connectivity index (χ1) is 9.86. The molecule has 126 valence electrons. The molecule has 0 amide bonds. The maximum atomic E-state index is 5.34. The lowest BCUT2D eigenvalue weighted by atomic mass is 10.3. The van der Waals surface area contributed by atoms with Crippen molar-refractivity contribution in [2.24, 2.45) is 4.99 Å². The third kappa shape index (κ3) is 11.1. The number of nitrogens with zero attached hydrogens (tertiary/aromatic N) is 2. The van der Waals surface area contributed by atoms with Gasteiger partial charge < -0.3 is 20.1 Å². The molecule has 0 aromatic carbocycles. The van der Waals surface area contributed by atoms with Crippen LogP contribution in [0.25, 0.3) is 0 Å². The van der Waals surface area contributed by atoms with E-state index in [0.29, 0.717) is 0 Å². The van der Waals surface area contributed by atoms with Crippen LogP contribution in [-0.2, 0) is 9.47 Å². The fourth-order valence-corrected chi connectivity index (χ4v) is 2.08. The Bertz CT molecular complexity index is 261. The van der Waals surface area contributed by atoms with E-state index in [1.807, 2.05) is 0 Å². The van der Waals surface area contributed by atoms with Crippen molar-refractivity contribution in [3.63, 3.8) is 0 Å². The molecule has 0 atom stereocenters. The molecule has 0 aliphatic carbocycles. The van der Waals surface area contributed by atoms with Crippen molar-refractivity contribution in [1.29, 1.82) is 0 Å². The molecular weight excluding hydrogens is 383 g/mol. The Morgan fingerprint density at radius 1 is 1.24 bits per heavy atom. The minimum atomic E-state index is 0. The lowest BCUT2D eigenvalue weighted by molar-refractivity contribution is 0.0376. The summed E-state index contributed by atoms with van der Waals surface area (Å²) in [5, 5.41) is 6.64. The van der Waals surface area contributed by atoms with Gasteiger partial charge in [-0.25, -0.2) is 0 Å². The zero-order valence-corrected chi connectivity index (χ0v) is 15.7. The number of morpholine rings is 1. The van der Waals surface area contributed by atoms with Crippen LogP contribution in [0.1, 0.15) is 19.8 Å². The molecular formula is C14H31IN4O2. The van der Waals surface area contributed by atoms with E-state index in [0.717, 1.165) is 77.9 Å². The first-order valence-corrected chi connectivity index (χ1v) is 7.68. The predicted molar refractivity (Wildman–Crippen MR) is 97.8 cm³/mol. The van der Waals surface area contributed by atoms with Crippen molar-refractivity contribution in [2.45, 2.75) is 19.8 Å². The lowest BCUT2D eigenvalue weighted by Crippen LogP contribution is -2.40. The predicted octanol–water partition coefficient (Wildman–Crippen LogP) is 0.918. The maximum Gasteiger partial charge on any atom is 0.191 e. The van der Waals surface area contributed by atoms with E-state index in [2.05, 4.69) is 27.4 Å². The van der Waals surface area contributed by atoms with Crippen LogP contribution in [0.4, 0.5) is 0 Å². The molecule has 0 unspecified atom stereocenters. The lowest BCUT2D eigenvalue weighted by Gasteiger charge is -2.26. The molecule has 6 nitrogen and oxygen atoms in total. The zero-order valence-electron chi connectivity index (χ0n) is 13.4. The molecule has 1 aliphatic rings. The van der Waals surface area contributed by atoms with Crippen LogP contribution < -0.4 is 10.6 Å². The van der Waals surface area contributed by atoms with Gasteiger partial charge in [0, 0.05) is 46.4 Å². The second-order valence-electron chi connectivity index (χ2n) is 4.84. The third-order valence-corrected chi connectivity index (χ3v) is 3.17. The normalized spacial score (nSPS) is 16.4. The summed E-state index contributed by atoms with van der Waals surface area (Å²) >= 11 is 0. The number of rotatable bonds is 9. The largest absolute Gasteiger partial charge is 0.385 e. The van der Waals surface area contributed by atoms with Gasteiger partial charge in [0.2, 0.25) is 0 Å². The Hall–Kier alpha value is -0.120. The van der Waals surface area contributed by atoms with Crippen molar-refractivity contribution < 1.29 is 9.47 Å². The van der Waals surface area contributed by atoms with Crippen molar-refractivity contribution in [3.8, 4) is 0 Å². The minimum Gasteiger partial charge on any atom is -0.385 e. The van der Waals surface area contributed by atoms with E-state index in [9.17, 15) is 0 Å². The fourth-order valence-electron chi connectivity index (χ4n) is 2.08. The summed E-state index contributed by atoms with van der Waals surface area (Å²) in [5.41, 5.74) is 0. The average Bonchev–Trinajstić information content (AvgIpc) is 2.49. The number of hydrogen-bond donors (Lipinski definition) is 2. The van der Waals surface area contributed by atoms with Gasteiger partial charge in [0.05, 0.1) is 13.2 Å². The summed E-state index contributed by atoms with van der Waals surface area (Å²) in [5.74, 6) is 0.908. The van der Waals surface area contributed by atoms with Gasteiger partial charge in [-0.05, 0) is 26.3 Å². The molecule has 2 N–H and O–H groups in total. The van der Waals surface area contributed by atoms with Crippen LogP contribution in [0.2, 0.25) is 0 Å². The Kier molecular flexibility index (Phi) is 14.7. The number of guanidine groups is 1. The highest BCUT2D eigenvalue weighted by molar-refractivity contribution is 14.0. The summed E-state index contributed by atoms with van der Waals surface area (Å²) in [4.78, 5) is 6.97. The zero-order chi connectivity index (χ0) is 14.5. The summed E-state index contributed by atoms with van der Waals surface area (Å²) in [6, 6.07) is 0. The highest BCUT2D eigenvalue weighted by atomic mass is 127. The van der Waals surface area contributed by atoms with Crippen LogP contribution in [-0.4, -0.2) is 77.1 Å². The second kappa shape index (κ2) is 14.8. The van der Waals surface area contributed by atoms with Gasteiger partial charge in [0.1, 0.15) is 0 Å². The van der Waals surface area contributed by atoms with Crippen LogP contribution in [0.5, 0.6) is 0 Å². The van der Waals surface area contributed by atoms with Gasteiger partial charge in [-0.3, -0.25) is 9.89 Å². The number of halogens is 1. The standard InChI is InChI=1S/C14H30N4O2.HI/c1-3-15-14(17-7-5-11-19-2)16-6-4-8-18-9-12-20-13-10-18;/h3-13H2,1-2H3,(H2,15,16,17);1H. The Morgan fingerprint density at radius 3 is 2.67 bits per heavy atom. The van der Waals surface area contributed by atoms with E-state index in [1.165, 1.54) is 0 Å². The number of ether oxygens (including phenoxy) is 2. The monoisotopic (exact) mass is 414 g/mol. The van der Waals surface area contributed by atoms with E-state index < -0.39 is 0 Å². The van der Waals surface area contributed by atoms with E-state index in [1.54, 1.807) is 7.11 Å². The van der Waals surface area contributed by atoms with Crippen LogP contribution in [0.15, 0.2) is 4.99 Å². The Morgan fingerprint density at radius 2 is 2.00 bits per heavy atom. The Balaban J connectivity index is 0.00000400. The molecule has 0 aromatic rings. The van der Waals surface area contributed by atoms with Crippen LogP contribution in [0, 0.1) is 0 Å².